The smallest absolute Gasteiger partial charge is 0.335 e. The fourth-order valence-electron chi connectivity index (χ4n) is 5.98. The average molecular weight is 446 g/mol. The quantitative estimate of drug-likeness (QED) is 0.223. The van der Waals surface area contributed by atoms with Gasteiger partial charge in [0.2, 0.25) is 0 Å². The van der Waals surface area contributed by atoms with E-state index in [1.807, 2.05) is 19.9 Å². The van der Waals surface area contributed by atoms with E-state index in [0.717, 1.165) is 25.3 Å². The molecule has 176 valence electrons. The van der Waals surface area contributed by atoms with E-state index in [0.29, 0.717) is 11.8 Å². The molecule has 1 saturated heterocycles. The average Bonchev–Trinajstić information content (AvgIpc) is 2.98. The predicted molar refractivity (Wildman–Crippen MR) is 120 cm³/mol. The number of aliphatic carboxylic acids is 1. The Labute approximate surface area is 189 Å². The van der Waals surface area contributed by atoms with Gasteiger partial charge in [0.25, 0.3) is 5.91 Å². The fourth-order valence-corrected chi connectivity index (χ4v) is 5.98. The van der Waals surface area contributed by atoms with Crippen LogP contribution in [0.2, 0.25) is 0 Å². The van der Waals surface area contributed by atoms with E-state index < -0.39 is 41.6 Å². The van der Waals surface area contributed by atoms with E-state index in [-0.39, 0.29) is 29.1 Å². The molecule has 7 heteroatoms. The summed E-state index contributed by atoms with van der Waals surface area (Å²) in [7, 11) is 0. The molecule has 0 spiro atoms. The highest BCUT2D eigenvalue weighted by molar-refractivity contribution is 6.27. The number of ketones is 1. The Morgan fingerprint density at radius 2 is 1.88 bits per heavy atom. The van der Waals surface area contributed by atoms with Gasteiger partial charge in [0.15, 0.2) is 11.4 Å². The minimum Gasteiger partial charge on any atom is -0.511 e. The second kappa shape index (κ2) is 8.85. The predicted octanol–water partition coefficient (Wildman–Crippen LogP) is 3.16. The molecule has 8 atom stereocenters. The minimum absolute atomic E-state index is 0.0883. The molecule has 2 aliphatic carbocycles. The van der Waals surface area contributed by atoms with Gasteiger partial charge in [-0.05, 0) is 57.3 Å². The maximum Gasteiger partial charge on any atom is 0.335 e. The van der Waals surface area contributed by atoms with Crippen LogP contribution in [0.15, 0.2) is 35.1 Å². The molecule has 0 aromatic rings. The SMILES string of the molecule is C/C=C(\C)[C@@H]1C=C[C@H]2C[C@H](C)C[C@H](C)[C@@H]2[C@@H]1C(O)=C1C(=O)N[C@@H](C[C@](C)(O)C(=O)O)C1=O. The summed E-state index contributed by atoms with van der Waals surface area (Å²) in [5.74, 6) is -2.39. The van der Waals surface area contributed by atoms with Crippen molar-refractivity contribution in [1.29, 1.82) is 0 Å². The van der Waals surface area contributed by atoms with E-state index in [2.05, 4.69) is 31.3 Å². The largest absolute Gasteiger partial charge is 0.511 e. The van der Waals surface area contributed by atoms with E-state index in [1.54, 1.807) is 0 Å². The zero-order valence-corrected chi connectivity index (χ0v) is 19.5. The van der Waals surface area contributed by atoms with Crippen LogP contribution in [-0.4, -0.2) is 44.6 Å². The number of carboxylic acids is 1. The minimum atomic E-state index is -2.17. The first-order valence-corrected chi connectivity index (χ1v) is 11.4. The van der Waals surface area contributed by atoms with Crippen molar-refractivity contribution in [1.82, 2.24) is 5.32 Å². The highest BCUT2D eigenvalue weighted by atomic mass is 16.4. The number of rotatable bonds is 5. The van der Waals surface area contributed by atoms with Gasteiger partial charge in [-0.3, -0.25) is 9.59 Å². The Hall–Kier alpha value is -2.41. The summed E-state index contributed by atoms with van der Waals surface area (Å²) >= 11 is 0. The molecule has 32 heavy (non-hydrogen) atoms. The van der Waals surface area contributed by atoms with Crippen LogP contribution >= 0.6 is 0 Å². The highest BCUT2D eigenvalue weighted by Crippen LogP contribution is 2.51. The second-order valence-corrected chi connectivity index (χ2v) is 10.2. The Morgan fingerprint density at radius 1 is 1.22 bits per heavy atom. The molecule has 1 amide bonds. The molecule has 7 nitrogen and oxygen atoms in total. The molecule has 0 aromatic heterocycles. The van der Waals surface area contributed by atoms with Gasteiger partial charge in [0.05, 0.1) is 6.04 Å². The monoisotopic (exact) mass is 445 g/mol. The summed E-state index contributed by atoms with van der Waals surface area (Å²) in [6.07, 6.45) is 7.85. The van der Waals surface area contributed by atoms with Crippen molar-refractivity contribution >= 4 is 17.7 Å². The lowest BCUT2D eigenvalue weighted by molar-refractivity contribution is -0.158. The van der Waals surface area contributed by atoms with Gasteiger partial charge in [-0.15, -0.1) is 0 Å². The van der Waals surface area contributed by atoms with Crippen LogP contribution in [0.4, 0.5) is 0 Å². The van der Waals surface area contributed by atoms with Crippen LogP contribution in [0.3, 0.4) is 0 Å². The van der Waals surface area contributed by atoms with Gasteiger partial charge < -0.3 is 20.6 Å². The van der Waals surface area contributed by atoms with Crippen molar-refractivity contribution in [3.63, 3.8) is 0 Å². The standard InChI is InChI=1S/C25H35NO6/c1-6-13(3)16-8-7-15-10-12(2)9-14(4)18(15)19(16)22(28)20-21(27)17(26-23(20)29)11-25(5,32)24(30)31/h6-8,12,14-19,28,32H,9-11H2,1-5H3,(H,26,29)(H,30,31)/b13-6+,22-20?/t12-,14+,15+,16+,17+,18+,19-,25+/m1/s1. The first-order chi connectivity index (χ1) is 14.9. The van der Waals surface area contributed by atoms with E-state index in [1.165, 1.54) is 0 Å². The first kappa shape index (κ1) is 24.2. The molecule has 2 fully saturated rings. The number of hydrogen-bond acceptors (Lipinski definition) is 5. The topological polar surface area (TPSA) is 124 Å². The number of carboxylic acid groups (broad SMARTS) is 1. The maximum absolute atomic E-state index is 13.1. The molecular formula is C25H35NO6. The highest BCUT2D eigenvalue weighted by Gasteiger charge is 2.49. The number of fused-ring (bicyclic) bond motifs is 1. The van der Waals surface area contributed by atoms with Gasteiger partial charge in [0, 0.05) is 18.3 Å². The Kier molecular flexibility index (Phi) is 6.70. The summed E-state index contributed by atoms with van der Waals surface area (Å²) in [5, 5.41) is 33.2. The summed E-state index contributed by atoms with van der Waals surface area (Å²) in [6.45, 7) is 9.40. The van der Waals surface area contributed by atoms with Crippen molar-refractivity contribution in [3.8, 4) is 0 Å². The summed E-state index contributed by atoms with van der Waals surface area (Å²) in [6, 6.07) is -1.19. The lowest BCUT2D eigenvalue weighted by Gasteiger charge is -2.47. The third-order valence-corrected chi connectivity index (χ3v) is 7.68. The number of Topliss-reactive ketones (excluding diaryl/α,β-unsaturated/α-hetero) is 1. The van der Waals surface area contributed by atoms with Crippen LogP contribution < -0.4 is 5.32 Å². The maximum atomic E-state index is 13.1. The Balaban J connectivity index is 2.04. The van der Waals surface area contributed by atoms with E-state index >= 15 is 0 Å². The normalized spacial score (nSPS) is 38.7. The molecule has 1 aliphatic heterocycles. The molecule has 3 rings (SSSR count). The first-order valence-electron chi connectivity index (χ1n) is 11.4. The number of nitrogens with one attached hydrogen (secondary N) is 1. The van der Waals surface area contributed by atoms with Crippen LogP contribution in [-0.2, 0) is 14.4 Å². The molecular weight excluding hydrogens is 410 g/mol. The Morgan fingerprint density at radius 3 is 2.47 bits per heavy atom. The summed E-state index contributed by atoms with van der Waals surface area (Å²) in [4.78, 5) is 37.1. The number of amides is 1. The lowest BCUT2D eigenvalue weighted by atomic mass is 9.57. The van der Waals surface area contributed by atoms with Crippen LogP contribution in [0.1, 0.15) is 53.9 Å². The second-order valence-electron chi connectivity index (χ2n) is 10.2. The van der Waals surface area contributed by atoms with Crippen molar-refractivity contribution < 1.29 is 29.7 Å². The third-order valence-electron chi connectivity index (χ3n) is 7.68. The van der Waals surface area contributed by atoms with Crippen molar-refractivity contribution in [3.05, 3.63) is 35.1 Å². The number of carbonyl (C=O) groups is 3. The number of hydrogen-bond donors (Lipinski definition) is 4. The number of aliphatic hydroxyl groups excluding tert-OH is 1. The van der Waals surface area contributed by atoms with Crippen molar-refractivity contribution in [2.45, 2.75) is 65.5 Å². The molecule has 3 aliphatic rings. The molecule has 0 unspecified atom stereocenters. The lowest BCUT2D eigenvalue weighted by Crippen LogP contribution is -2.43. The summed E-state index contributed by atoms with van der Waals surface area (Å²) < 4.78 is 0. The van der Waals surface area contributed by atoms with Crippen LogP contribution in [0, 0.1) is 35.5 Å². The van der Waals surface area contributed by atoms with Gasteiger partial charge in [-0.25, -0.2) is 4.79 Å². The van der Waals surface area contributed by atoms with Gasteiger partial charge in [-0.2, -0.15) is 0 Å². The Bertz CT molecular complexity index is 898. The van der Waals surface area contributed by atoms with E-state index in [9.17, 15) is 29.7 Å². The number of carbonyl (C=O) groups excluding carboxylic acids is 2. The third kappa shape index (κ3) is 4.27. The molecule has 1 heterocycles. The van der Waals surface area contributed by atoms with Crippen LogP contribution in [0.25, 0.3) is 0 Å². The number of aliphatic hydroxyl groups is 2. The molecule has 0 bridgehead atoms. The van der Waals surface area contributed by atoms with E-state index in [4.69, 9.17) is 0 Å². The van der Waals surface area contributed by atoms with Crippen LogP contribution in [0.5, 0.6) is 0 Å². The molecule has 0 radical (unpaired) electrons. The van der Waals surface area contributed by atoms with Crippen molar-refractivity contribution in [2.75, 3.05) is 0 Å². The van der Waals surface area contributed by atoms with Crippen molar-refractivity contribution in [2.24, 2.45) is 35.5 Å². The molecule has 1 saturated carbocycles. The van der Waals surface area contributed by atoms with Gasteiger partial charge in [0.1, 0.15) is 11.3 Å². The zero-order valence-electron chi connectivity index (χ0n) is 19.5. The fraction of sp³-hybridized carbons (Fsp3) is 0.640. The van der Waals surface area contributed by atoms with Gasteiger partial charge >= 0.3 is 5.97 Å². The van der Waals surface area contributed by atoms with Gasteiger partial charge in [-0.1, -0.05) is 37.6 Å². The zero-order chi connectivity index (χ0) is 24.0. The summed E-state index contributed by atoms with van der Waals surface area (Å²) in [5.41, 5.74) is -1.41. The molecule has 4 N–H and O–H groups in total. The molecule has 0 aromatic carbocycles. The number of allylic oxidation sites excluding steroid dienone is 5.